The molecule has 0 saturated heterocycles. The van der Waals surface area contributed by atoms with Crippen molar-refractivity contribution < 1.29 is 4.74 Å². The van der Waals surface area contributed by atoms with Crippen molar-refractivity contribution >= 4 is 11.6 Å². The summed E-state index contributed by atoms with van der Waals surface area (Å²) in [5.74, 6) is 0.524. The molecule has 0 bridgehead atoms. The van der Waals surface area contributed by atoms with Crippen molar-refractivity contribution in [3.8, 4) is 11.8 Å². The Hall–Kier alpha value is -1.98. The van der Waals surface area contributed by atoms with Gasteiger partial charge in [-0.05, 0) is 37.1 Å². The van der Waals surface area contributed by atoms with Gasteiger partial charge in [-0.2, -0.15) is 5.26 Å². The van der Waals surface area contributed by atoms with Gasteiger partial charge in [0.2, 0.25) is 0 Å². The second-order valence-electron chi connectivity index (χ2n) is 4.44. The van der Waals surface area contributed by atoms with Gasteiger partial charge in [0.15, 0.2) is 0 Å². The van der Waals surface area contributed by atoms with E-state index >= 15 is 0 Å². The van der Waals surface area contributed by atoms with Crippen molar-refractivity contribution in [3.63, 3.8) is 0 Å². The van der Waals surface area contributed by atoms with E-state index in [9.17, 15) is 0 Å². The molecular weight excluding hydrogens is 258 g/mol. The third-order valence-corrected chi connectivity index (χ3v) is 3.29. The lowest BCUT2D eigenvalue weighted by Gasteiger charge is -2.11. The van der Waals surface area contributed by atoms with E-state index in [-0.39, 0.29) is 0 Å². The number of hydrogen-bond donors (Lipinski definition) is 0. The summed E-state index contributed by atoms with van der Waals surface area (Å²) < 4.78 is 5.72. The lowest BCUT2D eigenvalue weighted by molar-refractivity contribution is 0.304. The lowest BCUT2D eigenvalue weighted by Crippen LogP contribution is -2.00. The van der Waals surface area contributed by atoms with E-state index in [0.29, 0.717) is 22.9 Å². The Morgan fingerprint density at radius 3 is 2.74 bits per heavy atom. The van der Waals surface area contributed by atoms with Gasteiger partial charge in [0, 0.05) is 0 Å². The molecule has 0 aliphatic rings. The summed E-state index contributed by atoms with van der Waals surface area (Å²) in [4.78, 5) is 0. The average Bonchev–Trinajstić information content (AvgIpc) is 2.40. The highest BCUT2D eigenvalue weighted by Crippen LogP contribution is 2.26. The standard InChI is InChI=1S/C16H14ClNO/c1-11-6-7-12(2)13(8-11)10-19-16-5-3-4-15(17)14(16)9-18/h3-8H,10H2,1-2H3. The number of hydrogen-bond acceptors (Lipinski definition) is 2. The van der Waals surface area contributed by atoms with Crippen LogP contribution in [0.15, 0.2) is 36.4 Å². The zero-order chi connectivity index (χ0) is 13.8. The zero-order valence-electron chi connectivity index (χ0n) is 10.9. The zero-order valence-corrected chi connectivity index (χ0v) is 11.7. The van der Waals surface area contributed by atoms with Crippen LogP contribution in [-0.2, 0) is 6.61 Å². The van der Waals surface area contributed by atoms with Crippen LogP contribution in [0.25, 0.3) is 0 Å². The molecule has 0 N–H and O–H groups in total. The maximum absolute atomic E-state index is 9.08. The molecule has 0 fully saturated rings. The quantitative estimate of drug-likeness (QED) is 0.828. The van der Waals surface area contributed by atoms with Gasteiger partial charge in [-0.3, -0.25) is 0 Å². The van der Waals surface area contributed by atoms with Crippen molar-refractivity contribution in [3.05, 3.63) is 63.7 Å². The molecule has 0 aliphatic heterocycles. The number of ether oxygens (including phenoxy) is 1. The summed E-state index contributed by atoms with van der Waals surface area (Å²) in [6, 6.07) is 13.5. The smallest absolute Gasteiger partial charge is 0.139 e. The van der Waals surface area contributed by atoms with Crippen LogP contribution in [0.3, 0.4) is 0 Å². The van der Waals surface area contributed by atoms with E-state index in [0.717, 1.165) is 5.56 Å². The third-order valence-electron chi connectivity index (χ3n) is 2.97. The summed E-state index contributed by atoms with van der Waals surface area (Å²) in [6.07, 6.45) is 0. The molecule has 19 heavy (non-hydrogen) atoms. The van der Waals surface area contributed by atoms with E-state index in [4.69, 9.17) is 21.6 Å². The Bertz CT molecular complexity index is 644. The Balaban J connectivity index is 2.22. The second-order valence-corrected chi connectivity index (χ2v) is 4.85. The molecule has 0 unspecified atom stereocenters. The minimum atomic E-state index is 0.384. The minimum absolute atomic E-state index is 0.384. The second kappa shape index (κ2) is 5.77. The van der Waals surface area contributed by atoms with Gasteiger partial charge >= 0.3 is 0 Å². The summed E-state index contributed by atoms with van der Waals surface area (Å²) in [7, 11) is 0. The van der Waals surface area contributed by atoms with E-state index in [1.54, 1.807) is 18.2 Å². The van der Waals surface area contributed by atoms with Crippen LogP contribution in [0.1, 0.15) is 22.3 Å². The fourth-order valence-electron chi connectivity index (χ4n) is 1.84. The highest BCUT2D eigenvalue weighted by Gasteiger charge is 2.08. The van der Waals surface area contributed by atoms with E-state index in [1.165, 1.54) is 11.1 Å². The topological polar surface area (TPSA) is 33.0 Å². The van der Waals surface area contributed by atoms with E-state index < -0.39 is 0 Å². The van der Waals surface area contributed by atoms with Gasteiger partial charge in [0.05, 0.1) is 5.02 Å². The van der Waals surface area contributed by atoms with Crippen LogP contribution in [-0.4, -0.2) is 0 Å². The number of aryl methyl sites for hydroxylation is 2. The molecule has 2 nitrogen and oxygen atoms in total. The molecular formula is C16H14ClNO. The predicted octanol–water partition coefficient (Wildman–Crippen LogP) is 4.41. The van der Waals surface area contributed by atoms with Gasteiger partial charge in [-0.25, -0.2) is 0 Å². The SMILES string of the molecule is Cc1ccc(C)c(COc2cccc(Cl)c2C#N)c1. The molecule has 2 aromatic rings. The lowest BCUT2D eigenvalue weighted by atomic mass is 10.1. The largest absolute Gasteiger partial charge is 0.487 e. The van der Waals surface area contributed by atoms with Crippen LogP contribution < -0.4 is 4.74 Å². The van der Waals surface area contributed by atoms with Crippen molar-refractivity contribution in [2.45, 2.75) is 20.5 Å². The van der Waals surface area contributed by atoms with Gasteiger partial charge in [0.25, 0.3) is 0 Å². The van der Waals surface area contributed by atoms with Gasteiger partial charge in [0.1, 0.15) is 24.0 Å². The maximum Gasteiger partial charge on any atom is 0.139 e. The minimum Gasteiger partial charge on any atom is -0.487 e. The Morgan fingerprint density at radius 2 is 2.00 bits per heavy atom. The van der Waals surface area contributed by atoms with Crippen molar-refractivity contribution in [1.82, 2.24) is 0 Å². The Labute approximate surface area is 118 Å². The first-order valence-corrected chi connectivity index (χ1v) is 6.37. The highest BCUT2D eigenvalue weighted by molar-refractivity contribution is 6.31. The molecule has 0 radical (unpaired) electrons. The van der Waals surface area contributed by atoms with Crippen LogP contribution in [0.5, 0.6) is 5.75 Å². The number of benzene rings is 2. The molecule has 2 aromatic carbocycles. The molecule has 0 aromatic heterocycles. The summed E-state index contributed by atoms with van der Waals surface area (Å²) >= 11 is 5.97. The van der Waals surface area contributed by atoms with Crippen molar-refractivity contribution in [2.75, 3.05) is 0 Å². The van der Waals surface area contributed by atoms with Gasteiger partial charge < -0.3 is 4.74 Å². The van der Waals surface area contributed by atoms with Crippen molar-refractivity contribution in [1.29, 1.82) is 5.26 Å². The normalized spacial score (nSPS) is 10.0. The van der Waals surface area contributed by atoms with Crippen LogP contribution in [0.2, 0.25) is 5.02 Å². The first-order valence-electron chi connectivity index (χ1n) is 5.99. The maximum atomic E-state index is 9.08. The van der Waals surface area contributed by atoms with Gasteiger partial charge in [-0.1, -0.05) is 41.4 Å². The fourth-order valence-corrected chi connectivity index (χ4v) is 2.05. The molecule has 0 heterocycles. The molecule has 3 heteroatoms. The molecule has 96 valence electrons. The first kappa shape index (κ1) is 13.5. The molecule has 0 aliphatic carbocycles. The van der Waals surface area contributed by atoms with E-state index in [1.807, 2.05) is 13.8 Å². The Kier molecular flexibility index (Phi) is 4.09. The van der Waals surface area contributed by atoms with Crippen LogP contribution in [0, 0.1) is 25.2 Å². The average molecular weight is 272 g/mol. The fraction of sp³-hybridized carbons (Fsp3) is 0.188. The molecule has 2 rings (SSSR count). The monoisotopic (exact) mass is 271 g/mol. The molecule has 0 amide bonds. The predicted molar refractivity (Wildman–Crippen MR) is 76.4 cm³/mol. The summed E-state index contributed by atoms with van der Waals surface area (Å²) in [5.41, 5.74) is 3.86. The molecule has 0 spiro atoms. The van der Waals surface area contributed by atoms with Crippen LogP contribution >= 0.6 is 11.6 Å². The number of nitriles is 1. The number of rotatable bonds is 3. The Morgan fingerprint density at radius 1 is 1.21 bits per heavy atom. The summed E-state index contributed by atoms with van der Waals surface area (Å²) in [5, 5.41) is 9.50. The van der Waals surface area contributed by atoms with E-state index in [2.05, 4.69) is 24.3 Å². The van der Waals surface area contributed by atoms with Crippen LogP contribution in [0.4, 0.5) is 0 Å². The van der Waals surface area contributed by atoms with Gasteiger partial charge in [-0.15, -0.1) is 0 Å². The first-order chi connectivity index (χ1) is 9.11. The number of halogens is 1. The summed E-state index contributed by atoms with van der Waals surface area (Å²) in [6.45, 7) is 4.52. The molecule has 0 atom stereocenters. The third kappa shape index (κ3) is 3.07. The number of nitrogens with zero attached hydrogens (tertiary/aromatic N) is 1. The van der Waals surface area contributed by atoms with Crippen molar-refractivity contribution in [2.24, 2.45) is 0 Å². The highest BCUT2D eigenvalue weighted by atomic mass is 35.5. The molecule has 0 saturated carbocycles.